The molecule has 1 N–H and O–H groups in total. The first-order valence-electron chi connectivity index (χ1n) is 6.69. The Hall–Kier alpha value is -1.11. The summed E-state index contributed by atoms with van der Waals surface area (Å²) in [5.41, 5.74) is 1.95. The summed E-state index contributed by atoms with van der Waals surface area (Å²) in [6.45, 7) is 5.49. The second kappa shape index (κ2) is 5.71. The maximum absolute atomic E-state index is 12.5. The van der Waals surface area contributed by atoms with Crippen LogP contribution < -0.4 is 9.46 Å². The highest BCUT2D eigenvalue weighted by atomic mass is 32.2. The summed E-state index contributed by atoms with van der Waals surface area (Å²) in [6, 6.07) is 3.41. The summed E-state index contributed by atoms with van der Waals surface area (Å²) in [6.07, 6.45) is 0.836. The molecule has 1 aliphatic heterocycles. The van der Waals surface area contributed by atoms with Gasteiger partial charge in [0, 0.05) is 12.6 Å². The number of hydrogen-bond donors (Lipinski definition) is 1. The van der Waals surface area contributed by atoms with Gasteiger partial charge in [-0.3, -0.25) is 0 Å². The normalized spacial score (nSPS) is 20.3. The van der Waals surface area contributed by atoms with Crippen LogP contribution in [0.5, 0.6) is 5.75 Å². The zero-order valence-corrected chi connectivity index (χ0v) is 13.3. The first kappa shape index (κ1) is 15.3. The molecule has 1 unspecified atom stereocenters. The van der Waals surface area contributed by atoms with E-state index in [4.69, 9.17) is 4.74 Å². The smallest absolute Gasteiger partial charge is 0.244 e. The van der Waals surface area contributed by atoms with Crippen molar-refractivity contribution in [1.29, 1.82) is 0 Å². The van der Waals surface area contributed by atoms with Gasteiger partial charge < -0.3 is 9.64 Å². The van der Waals surface area contributed by atoms with Gasteiger partial charge in [-0.25, -0.2) is 13.1 Å². The Morgan fingerprint density at radius 3 is 2.50 bits per heavy atom. The number of sulfonamides is 1. The molecule has 1 aromatic carbocycles. The molecule has 1 aliphatic rings. The van der Waals surface area contributed by atoms with E-state index in [0.29, 0.717) is 5.75 Å². The van der Waals surface area contributed by atoms with Crippen LogP contribution >= 0.6 is 0 Å². The molecular formula is C14H22N2O3S. The number of aryl methyl sites for hydroxylation is 2. The van der Waals surface area contributed by atoms with E-state index in [2.05, 4.69) is 9.62 Å². The maximum Gasteiger partial charge on any atom is 0.244 e. The van der Waals surface area contributed by atoms with Gasteiger partial charge in [0.05, 0.1) is 7.11 Å². The number of nitrogens with one attached hydrogen (secondary N) is 1. The zero-order valence-electron chi connectivity index (χ0n) is 12.4. The molecule has 1 aromatic rings. The van der Waals surface area contributed by atoms with Crippen LogP contribution in [0.4, 0.5) is 0 Å². The second-order valence-corrected chi connectivity index (χ2v) is 7.14. The number of likely N-dealkylation sites (N-methyl/N-ethyl adjacent to an activating group) is 1. The third-order valence-corrected chi connectivity index (χ3v) is 5.32. The largest absolute Gasteiger partial charge is 0.495 e. The second-order valence-electron chi connectivity index (χ2n) is 5.46. The predicted octanol–water partition coefficient (Wildman–Crippen LogP) is 1.29. The molecule has 0 aliphatic carbocycles. The first-order chi connectivity index (χ1) is 9.33. The SMILES string of the molecule is COc1cc(C)c(C)cc1S(=O)(=O)NC1CCN(C)C1. The van der Waals surface area contributed by atoms with E-state index in [-0.39, 0.29) is 10.9 Å². The summed E-state index contributed by atoms with van der Waals surface area (Å²) in [5.74, 6) is 0.395. The average Bonchev–Trinajstić information content (AvgIpc) is 2.76. The van der Waals surface area contributed by atoms with Gasteiger partial charge in [0.25, 0.3) is 0 Å². The fourth-order valence-corrected chi connectivity index (χ4v) is 3.94. The van der Waals surface area contributed by atoms with Crippen LogP contribution in [0, 0.1) is 13.8 Å². The standard InChI is InChI=1S/C14H22N2O3S/c1-10-7-13(19-4)14(8-11(10)2)20(17,18)15-12-5-6-16(3)9-12/h7-8,12,15H,5-6,9H2,1-4H3. The molecule has 1 heterocycles. The van der Waals surface area contributed by atoms with Crippen molar-refractivity contribution >= 4 is 10.0 Å². The minimum absolute atomic E-state index is 0.0312. The highest BCUT2D eigenvalue weighted by Gasteiger charge is 2.27. The van der Waals surface area contributed by atoms with Gasteiger partial charge >= 0.3 is 0 Å². The molecule has 6 heteroatoms. The maximum atomic E-state index is 12.5. The predicted molar refractivity (Wildman–Crippen MR) is 78.7 cm³/mol. The van der Waals surface area contributed by atoms with E-state index in [9.17, 15) is 8.42 Å². The number of benzene rings is 1. The van der Waals surface area contributed by atoms with Crippen molar-refractivity contribution in [3.8, 4) is 5.75 Å². The Labute approximate surface area is 121 Å². The third-order valence-electron chi connectivity index (χ3n) is 3.78. The Morgan fingerprint density at radius 2 is 1.95 bits per heavy atom. The Morgan fingerprint density at radius 1 is 1.30 bits per heavy atom. The highest BCUT2D eigenvalue weighted by Crippen LogP contribution is 2.27. The average molecular weight is 298 g/mol. The van der Waals surface area contributed by atoms with Crippen LogP contribution in [0.15, 0.2) is 17.0 Å². The van der Waals surface area contributed by atoms with Gasteiger partial charge in [-0.2, -0.15) is 0 Å². The molecule has 20 heavy (non-hydrogen) atoms. The number of nitrogens with zero attached hydrogens (tertiary/aromatic N) is 1. The van der Waals surface area contributed by atoms with E-state index < -0.39 is 10.0 Å². The fraction of sp³-hybridized carbons (Fsp3) is 0.571. The minimum Gasteiger partial charge on any atom is -0.495 e. The molecule has 1 atom stereocenters. The van der Waals surface area contributed by atoms with Crippen molar-refractivity contribution < 1.29 is 13.2 Å². The number of ether oxygens (including phenoxy) is 1. The summed E-state index contributed by atoms with van der Waals surface area (Å²) >= 11 is 0. The lowest BCUT2D eigenvalue weighted by Gasteiger charge is -2.16. The van der Waals surface area contributed by atoms with Crippen LogP contribution in [-0.2, 0) is 10.0 Å². The van der Waals surface area contributed by atoms with Gasteiger partial charge in [0.2, 0.25) is 10.0 Å². The molecule has 5 nitrogen and oxygen atoms in total. The zero-order chi connectivity index (χ0) is 14.9. The number of hydrogen-bond acceptors (Lipinski definition) is 4. The summed E-state index contributed by atoms with van der Waals surface area (Å²) in [4.78, 5) is 2.34. The molecule has 2 rings (SSSR count). The highest BCUT2D eigenvalue weighted by molar-refractivity contribution is 7.89. The van der Waals surface area contributed by atoms with Gasteiger partial charge in [-0.05, 0) is 57.1 Å². The fourth-order valence-electron chi connectivity index (χ4n) is 2.45. The van der Waals surface area contributed by atoms with Gasteiger partial charge in [-0.1, -0.05) is 0 Å². The van der Waals surface area contributed by atoms with Crippen molar-refractivity contribution in [3.05, 3.63) is 23.3 Å². The Bertz CT molecular complexity index is 599. The number of methoxy groups -OCH3 is 1. The van der Waals surface area contributed by atoms with Crippen molar-refractivity contribution in [2.75, 3.05) is 27.2 Å². The van der Waals surface area contributed by atoms with Gasteiger partial charge in [0.1, 0.15) is 10.6 Å². The molecule has 112 valence electrons. The Balaban J connectivity index is 2.31. The van der Waals surface area contributed by atoms with E-state index in [1.807, 2.05) is 20.9 Å². The monoisotopic (exact) mass is 298 g/mol. The topological polar surface area (TPSA) is 58.6 Å². The number of likely N-dealkylation sites (tertiary alicyclic amines) is 1. The summed E-state index contributed by atoms with van der Waals surface area (Å²) < 4.78 is 33.1. The van der Waals surface area contributed by atoms with Crippen molar-refractivity contribution in [2.45, 2.75) is 31.2 Å². The first-order valence-corrected chi connectivity index (χ1v) is 8.18. The van der Waals surface area contributed by atoms with Crippen LogP contribution in [0.1, 0.15) is 17.5 Å². The molecule has 1 fully saturated rings. The molecular weight excluding hydrogens is 276 g/mol. The number of rotatable bonds is 4. The Kier molecular flexibility index (Phi) is 4.36. The van der Waals surface area contributed by atoms with E-state index in [0.717, 1.165) is 30.6 Å². The van der Waals surface area contributed by atoms with Crippen molar-refractivity contribution in [3.63, 3.8) is 0 Å². The molecule has 1 saturated heterocycles. The third kappa shape index (κ3) is 3.13. The minimum atomic E-state index is -3.55. The van der Waals surface area contributed by atoms with Crippen molar-refractivity contribution in [2.24, 2.45) is 0 Å². The lowest BCUT2D eigenvalue weighted by atomic mass is 10.1. The van der Waals surface area contributed by atoms with E-state index in [1.165, 1.54) is 7.11 Å². The molecule has 0 spiro atoms. The van der Waals surface area contributed by atoms with E-state index in [1.54, 1.807) is 12.1 Å². The van der Waals surface area contributed by atoms with Crippen molar-refractivity contribution in [1.82, 2.24) is 9.62 Å². The lowest BCUT2D eigenvalue weighted by molar-refractivity contribution is 0.399. The molecule has 0 aromatic heterocycles. The van der Waals surface area contributed by atoms with Crippen LogP contribution in [0.3, 0.4) is 0 Å². The molecule has 0 amide bonds. The summed E-state index contributed by atoms with van der Waals surface area (Å²) in [5, 5.41) is 0. The van der Waals surface area contributed by atoms with Crippen LogP contribution in [0.25, 0.3) is 0 Å². The quantitative estimate of drug-likeness (QED) is 0.910. The van der Waals surface area contributed by atoms with Gasteiger partial charge in [0.15, 0.2) is 0 Å². The van der Waals surface area contributed by atoms with Gasteiger partial charge in [-0.15, -0.1) is 0 Å². The summed E-state index contributed by atoms with van der Waals surface area (Å²) in [7, 11) is -0.0673. The van der Waals surface area contributed by atoms with Crippen LogP contribution in [-0.4, -0.2) is 46.6 Å². The molecule has 0 saturated carbocycles. The lowest BCUT2D eigenvalue weighted by Crippen LogP contribution is -2.36. The van der Waals surface area contributed by atoms with Crippen LogP contribution in [0.2, 0.25) is 0 Å². The molecule has 0 bridgehead atoms. The molecule has 0 radical (unpaired) electrons. The van der Waals surface area contributed by atoms with E-state index >= 15 is 0 Å².